The second kappa shape index (κ2) is 14.2. The lowest BCUT2D eigenvalue weighted by molar-refractivity contribution is 0.103. The van der Waals surface area contributed by atoms with Gasteiger partial charge in [0.25, 0.3) is 0 Å². The minimum atomic E-state index is 0.148. The predicted octanol–water partition coefficient (Wildman–Crippen LogP) is 8.16. The summed E-state index contributed by atoms with van der Waals surface area (Å²) >= 11 is 0. The van der Waals surface area contributed by atoms with E-state index in [0.29, 0.717) is 0 Å². The van der Waals surface area contributed by atoms with Crippen LogP contribution in [0.1, 0.15) is 105 Å². The highest BCUT2D eigenvalue weighted by atomic mass is 16.1. The zero-order chi connectivity index (χ0) is 19.9. The largest absolute Gasteiger partial charge is 0.289 e. The highest BCUT2D eigenvalue weighted by molar-refractivity contribution is 6.09. The van der Waals surface area contributed by atoms with Crippen LogP contribution in [0.15, 0.2) is 54.6 Å². The maximum absolute atomic E-state index is 12.8. The molecule has 0 spiro atoms. The number of hydrogen-bond acceptors (Lipinski definition) is 1. The SMILES string of the molecule is CCCCCCCCCCCCCCc1ccccc1C(=O)c1ccccc1. The molecule has 1 heteroatoms. The molecule has 0 amide bonds. The lowest BCUT2D eigenvalue weighted by Crippen LogP contribution is -2.05. The van der Waals surface area contributed by atoms with Gasteiger partial charge in [0, 0.05) is 11.1 Å². The van der Waals surface area contributed by atoms with Gasteiger partial charge in [-0.1, -0.05) is 132 Å². The van der Waals surface area contributed by atoms with Crippen molar-refractivity contribution in [3.8, 4) is 0 Å². The summed E-state index contributed by atoms with van der Waals surface area (Å²) in [6, 6.07) is 17.8. The van der Waals surface area contributed by atoms with E-state index >= 15 is 0 Å². The third-order valence-electron chi connectivity index (χ3n) is 5.60. The zero-order valence-electron chi connectivity index (χ0n) is 17.8. The van der Waals surface area contributed by atoms with Crippen molar-refractivity contribution in [2.24, 2.45) is 0 Å². The second-order valence-electron chi connectivity index (χ2n) is 7.99. The van der Waals surface area contributed by atoms with Crippen LogP contribution in [-0.4, -0.2) is 5.78 Å². The maximum Gasteiger partial charge on any atom is 0.193 e. The molecule has 0 aromatic heterocycles. The average molecular weight is 379 g/mol. The van der Waals surface area contributed by atoms with Crippen LogP contribution < -0.4 is 0 Å². The van der Waals surface area contributed by atoms with E-state index in [1.54, 1.807) is 0 Å². The predicted molar refractivity (Wildman–Crippen MR) is 121 cm³/mol. The van der Waals surface area contributed by atoms with E-state index in [9.17, 15) is 4.79 Å². The molecule has 0 aliphatic carbocycles. The average Bonchev–Trinajstić information content (AvgIpc) is 2.75. The molecule has 0 atom stereocenters. The van der Waals surface area contributed by atoms with Crippen LogP contribution in [0.25, 0.3) is 0 Å². The molecule has 28 heavy (non-hydrogen) atoms. The summed E-state index contributed by atoms with van der Waals surface area (Å²) < 4.78 is 0. The van der Waals surface area contributed by atoms with E-state index in [1.165, 1.54) is 82.6 Å². The van der Waals surface area contributed by atoms with Gasteiger partial charge in [-0.25, -0.2) is 0 Å². The normalized spacial score (nSPS) is 10.9. The van der Waals surface area contributed by atoms with E-state index < -0.39 is 0 Å². The number of hydrogen-bond donors (Lipinski definition) is 0. The van der Waals surface area contributed by atoms with Crippen LogP contribution in [0.4, 0.5) is 0 Å². The standard InChI is InChI=1S/C27H38O/c1-2-3-4-5-6-7-8-9-10-11-12-14-19-24-20-17-18-23-26(24)27(28)25-21-15-13-16-22-25/h13,15-18,20-23H,2-12,14,19H2,1H3. The van der Waals surface area contributed by atoms with Crippen LogP contribution in [0.2, 0.25) is 0 Å². The van der Waals surface area contributed by atoms with Gasteiger partial charge in [0.15, 0.2) is 5.78 Å². The van der Waals surface area contributed by atoms with Crippen LogP contribution in [0.3, 0.4) is 0 Å². The molecule has 0 N–H and O–H groups in total. The number of benzene rings is 2. The van der Waals surface area contributed by atoms with Gasteiger partial charge in [0.05, 0.1) is 0 Å². The molecule has 0 saturated heterocycles. The Morgan fingerprint density at radius 3 is 1.71 bits per heavy atom. The number of carbonyl (C=O) groups excluding carboxylic acids is 1. The second-order valence-corrected chi connectivity index (χ2v) is 7.99. The van der Waals surface area contributed by atoms with E-state index in [2.05, 4.69) is 19.1 Å². The summed E-state index contributed by atoms with van der Waals surface area (Å²) in [5, 5.41) is 0. The van der Waals surface area contributed by atoms with Gasteiger partial charge in [0.2, 0.25) is 0 Å². The summed E-state index contributed by atoms with van der Waals surface area (Å²) in [6.45, 7) is 2.28. The van der Waals surface area contributed by atoms with E-state index in [1.807, 2.05) is 42.5 Å². The van der Waals surface area contributed by atoms with Crippen molar-refractivity contribution >= 4 is 5.78 Å². The Kier molecular flexibility index (Phi) is 11.3. The van der Waals surface area contributed by atoms with Gasteiger partial charge in [-0.05, 0) is 18.4 Å². The molecule has 0 aliphatic rings. The van der Waals surface area contributed by atoms with Crippen molar-refractivity contribution in [2.45, 2.75) is 90.4 Å². The Hall–Kier alpha value is -1.89. The van der Waals surface area contributed by atoms with Crippen LogP contribution >= 0.6 is 0 Å². The summed E-state index contributed by atoms with van der Waals surface area (Å²) in [6.07, 6.45) is 17.4. The Morgan fingerprint density at radius 1 is 0.607 bits per heavy atom. The molecular formula is C27H38O. The number of rotatable bonds is 15. The molecule has 0 bridgehead atoms. The minimum absolute atomic E-state index is 0.148. The molecule has 0 saturated carbocycles. The Bertz CT molecular complexity index is 659. The third-order valence-corrected chi connectivity index (χ3v) is 5.60. The first-order chi connectivity index (χ1) is 13.8. The van der Waals surface area contributed by atoms with E-state index in [-0.39, 0.29) is 5.78 Å². The Labute approximate surface area is 172 Å². The summed E-state index contributed by atoms with van der Waals surface area (Å²) in [5.41, 5.74) is 2.85. The fourth-order valence-corrected chi connectivity index (χ4v) is 3.86. The molecule has 0 unspecified atom stereocenters. The van der Waals surface area contributed by atoms with Gasteiger partial charge in [0.1, 0.15) is 0 Å². The highest BCUT2D eigenvalue weighted by Crippen LogP contribution is 2.18. The van der Waals surface area contributed by atoms with E-state index in [4.69, 9.17) is 0 Å². The fraction of sp³-hybridized carbons (Fsp3) is 0.519. The number of aryl methyl sites for hydroxylation is 1. The highest BCUT2D eigenvalue weighted by Gasteiger charge is 2.12. The third kappa shape index (κ3) is 8.42. The summed E-state index contributed by atoms with van der Waals surface area (Å²) in [4.78, 5) is 12.8. The van der Waals surface area contributed by atoms with Crippen LogP contribution in [-0.2, 0) is 6.42 Å². The molecule has 0 radical (unpaired) electrons. The molecule has 0 fully saturated rings. The molecular weight excluding hydrogens is 340 g/mol. The smallest absolute Gasteiger partial charge is 0.193 e. The van der Waals surface area contributed by atoms with Crippen molar-refractivity contribution in [3.63, 3.8) is 0 Å². The monoisotopic (exact) mass is 378 g/mol. The molecule has 0 heterocycles. The molecule has 2 aromatic carbocycles. The van der Waals surface area contributed by atoms with Crippen LogP contribution in [0, 0.1) is 0 Å². The topological polar surface area (TPSA) is 17.1 Å². The van der Waals surface area contributed by atoms with Crippen LogP contribution in [0.5, 0.6) is 0 Å². The van der Waals surface area contributed by atoms with E-state index in [0.717, 1.165) is 17.5 Å². The molecule has 1 nitrogen and oxygen atoms in total. The minimum Gasteiger partial charge on any atom is -0.289 e. The lowest BCUT2D eigenvalue weighted by atomic mass is 9.95. The first-order valence-corrected chi connectivity index (χ1v) is 11.5. The van der Waals surface area contributed by atoms with Gasteiger partial charge < -0.3 is 0 Å². The first kappa shape index (κ1) is 22.4. The molecule has 2 aromatic rings. The first-order valence-electron chi connectivity index (χ1n) is 11.5. The Balaban J connectivity index is 1.62. The van der Waals surface area contributed by atoms with Crippen molar-refractivity contribution < 1.29 is 4.79 Å². The number of ketones is 1. The van der Waals surface area contributed by atoms with Crippen molar-refractivity contribution in [1.29, 1.82) is 0 Å². The molecule has 0 aliphatic heterocycles. The van der Waals surface area contributed by atoms with Gasteiger partial charge in [-0.2, -0.15) is 0 Å². The maximum atomic E-state index is 12.8. The van der Waals surface area contributed by atoms with Crippen molar-refractivity contribution in [3.05, 3.63) is 71.3 Å². The number of unbranched alkanes of at least 4 members (excludes halogenated alkanes) is 11. The van der Waals surface area contributed by atoms with Gasteiger partial charge in [-0.15, -0.1) is 0 Å². The summed E-state index contributed by atoms with van der Waals surface area (Å²) in [7, 11) is 0. The summed E-state index contributed by atoms with van der Waals surface area (Å²) in [5.74, 6) is 0.148. The quantitative estimate of drug-likeness (QED) is 0.226. The fourth-order valence-electron chi connectivity index (χ4n) is 3.86. The molecule has 152 valence electrons. The number of carbonyl (C=O) groups is 1. The van der Waals surface area contributed by atoms with Gasteiger partial charge in [-0.3, -0.25) is 4.79 Å². The zero-order valence-corrected chi connectivity index (χ0v) is 17.8. The Morgan fingerprint density at radius 2 is 1.11 bits per heavy atom. The van der Waals surface area contributed by atoms with Crippen molar-refractivity contribution in [2.75, 3.05) is 0 Å². The van der Waals surface area contributed by atoms with Gasteiger partial charge >= 0.3 is 0 Å². The van der Waals surface area contributed by atoms with Crippen molar-refractivity contribution in [1.82, 2.24) is 0 Å². The molecule has 2 rings (SSSR count). The lowest BCUT2D eigenvalue weighted by Gasteiger charge is -2.09.